The molecule has 1 fully saturated rings. The Kier molecular flexibility index (Phi) is 3.14. The summed E-state index contributed by atoms with van der Waals surface area (Å²) in [4.78, 5) is 2.02. The normalized spacial score (nSPS) is 20.5. The molecule has 1 aromatic rings. The molecule has 5 heteroatoms. The van der Waals surface area contributed by atoms with Crippen molar-refractivity contribution < 1.29 is 18.3 Å². The molecule has 2 nitrogen and oxygen atoms in total. The minimum Gasteiger partial charge on any atom is -0.385 e. The maximum atomic E-state index is 13.1. The standard InChI is InChI=1S/C12H14F3NO/c1-16-4-2-12(17,3-5-16)8-6-9(13)11(15)10(14)7-8/h6-7,17H,2-5H2,1H3. The van der Waals surface area contributed by atoms with E-state index in [0.29, 0.717) is 25.9 Å². The lowest BCUT2D eigenvalue weighted by Crippen LogP contribution is -2.40. The van der Waals surface area contributed by atoms with Crippen LogP contribution < -0.4 is 0 Å². The molecule has 0 bridgehead atoms. The van der Waals surface area contributed by atoms with Crippen LogP contribution in [0, 0.1) is 17.5 Å². The highest BCUT2D eigenvalue weighted by atomic mass is 19.2. The Hall–Kier alpha value is -1.07. The molecule has 1 saturated heterocycles. The molecule has 0 unspecified atom stereocenters. The summed E-state index contributed by atoms with van der Waals surface area (Å²) in [5.41, 5.74) is -1.15. The lowest BCUT2D eigenvalue weighted by molar-refractivity contribution is -0.0208. The van der Waals surface area contributed by atoms with Gasteiger partial charge in [0.25, 0.3) is 0 Å². The maximum absolute atomic E-state index is 13.1. The van der Waals surface area contributed by atoms with Gasteiger partial charge in [0.1, 0.15) is 0 Å². The molecule has 0 aliphatic carbocycles. The van der Waals surface area contributed by atoms with Crippen LogP contribution in [0.3, 0.4) is 0 Å². The first-order chi connectivity index (χ1) is 7.92. The van der Waals surface area contributed by atoms with E-state index in [-0.39, 0.29) is 5.56 Å². The monoisotopic (exact) mass is 245 g/mol. The molecule has 0 atom stereocenters. The molecule has 1 aromatic carbocycles. The second-order valence-corrected chi connectivity index (χ2v) is 4.59. The highest BCUT2D eigenvalue weighted by molar-refractivity contribution is 5.26. The summed E-state index contributed by atoms with van der Waals surface area (Å²) >= 11 is 0. The molecule has 17 heavy (non-hydrogen) atoms. The Labute approximate surface area is 97.7 Å². The van der Waals surface area contributed by atoms with Crippen LogP contribution in [0.4, 0.5) is 13.2 Å². The van der Waals surface area contributed by atoms with Crippen LogP contribution in [0.5, 0.6) is 0 Å². The third-order valence-corrected chi connectivity index (χ3v) is 3.34. The molecule has 1 heterocycles. The first-order valence-corrected chi connectivity index (χ1v) is 5.48. The van der Waals surface area contributed by atoms with Crippen molar-refractivity contribution in [3.05, 3.63) is 35.1 Å². The summed E-state index contributed by atoms with van der Waals surface area (Å²) in [7, 11) is 1.91. The zero-order valence-corrected chi connectivity index (χ0v) is 9.51. The van der Waals surface area contributed by atoms with Crippen molar-refractivity contribution in [3.8, 4) is 0 Å². The van der Waals surface area contributed by atoms with Crippen molar-refractivity contribution in [1.29, 1.82) is 0 Å². The van der Waals surface area contributed by atoms with Crippen molar-refractivity contribution in [3.63, 3.8) is 0 Å². The molecule has 0 amide bonds. The smallest absolute Gasteiger partial charge is 0.194 e. The second kappa shape index (κ2) is 4.31. The first kappa shape index (κ1) is 12.4. The summed E-state index contributed by atoms with van der Waals surface area (Å²) in [6.45, 7) is 1.27. The van der Waals surface area contributed by atoms with Crippen molar-refractivity contribution in [2.45, 2.75) is 18.4 Å². The van der Waals surface area contributed by atoms with E-state index < -0.39 is 23.1 Å². The summed E-state index contributed by atoms with van der Waals surface area (Å²) in [5, 5.41) is 10.3. The highest BCUT2D eigenvalue weighted by Gasteiger charge is 2.34. The van der Waals surface area contributed by atoms with Gasteiger partial charge in [-0.1, -0.05) is 0 Å². The molecule has 0 spiro atoms. The molecule has 94 valence electrons. The fourth-order valence-corrected chi connectivity index (χ4v) is 2.10. The van der Waals surface area contributed by atoms with Gasteiger partial charge < -0.3 is 10.0 Å². The first-order valence-electron chi connectivity index (χ1n) is 5.48. The third kappa shape index (κ3) is 2.30. The molecule has 1 aliphatic rings. The molecule has 0 saturated carbocycles. The summed E-state index contributed by atoms with van der Waals surface area (Å²) in [5.74, 6) is -4.01. The number of nitrogens with zero attached hydrogens (tertiary/aromatic N) is 1. The molecular weight excluding hydrogens is 231 g/mol. The summed E-state index contributed by atoms with van der Waals surface area (Å²) in [6, 6.07) is 1.76. The molecule has 0 aromatic heterocycles. The van der Waals surface area contributed by atoms with Crippen molar-refractivity contribution in [1.82, 2.24) is 4.90 Å². The van der Waals surface area contributed by atoms with Crippen LogP contribution in [-0.2, 0) is 5.60 Å². The predicted molar refractivity (Wildman–Crippen MR) is 56.9 cm³/mol. The van der Waals surface area contributed by atoms with Crippen LogP contribution in [0.15, 0.2) is 12.1 Å². The van der Waals surface area contributed by atoms with E-state index in [1.54, 1.807) is 0 Å². The number of hydrogen-bond donors (Lipinski definition) is 1. The van der Waals surface area contributed by atoms with E-state index in [9.17, 15) is 18.3 Å². The fraction of sp³-hybridized carbons (Fsp3) is 0.500. The van der Waals surface area contributed by atoms with Gasteiger partial charge in [0.2, 0.25) is 0 Å². The minimum absolute atomic E-state index is 0.113. The van der Waals surface area contributed by atoms with E-state index >= 15 is 0 Å². The molecule has 1 N–H and O–H groups in total. The molecule has 0 radical (unpaired) electrons. The Balaban J connectivity index is 2.33. The maximum Gasteiger partial charge on any atom is 0.194 e. The van der Waals surface area contributed by atoms with E-state index in [1.807, 2.05) is 11.9 Å². The zero-order valence-electron chi connectivity index (χ0n) is 9.51. The number of benzene rings is 1. The summed E-state index contributed by atoms with van der Waals surface area (Å²) in [6.07, 6.45) is 0.766. The van der Waals surface area contributed by atoms with Gasteiger partial charge in [-0.2, -0.15) is 0 Å². The van der Waals surface area contributed by atoms with Crippen molar-refractivity contribution in [2.24, 2.45) is 0 Å². The second-order valence-electron chi connectivity index (χ2n) is 4.59. The van der Waals surface area contributed by atoms with Crippen LogP contribution in [-0.4, -0.2) is 30.1 Å². The van der Waals surface area contributed by atoms with Crippen molar-refractivity contribution in [2.75, 3.05) is 20.1 Å². The van der Waals surface area contributed by atoms with Gasteiger partial charge in [-0.3, -0.25) is 0 Å². The average molecular weight is 245 g/mol. The summed E-state index contributed by atoms with van der Waals surface area (Å²) < 4.78 is 39.0. The number of hydrogen-bond acceptors (Lipinski definition) is 2. The van der Waals surface area contributed by atoms with Gasteiger partial charge in [-0.25, -0.2) is 13.2 Å². The van der Waals surface area contributed by atoms with Crippen LogP contribution in [0.1, 0.15) is 18.4 Å². The number of aliphatic hydroxyl groups is 1. The highest BCUT2D eigenvalue weighted by Crippen LogP contribution is 2.33. The van der Waals surface area contributed by atoms with Gasteiger partial charge in [0.15, 0.2) is 17.5 Å². The molecule has 2 rings (SSSR count). The number of piperidine rings is 1. The number of rotatable bonds is 1. The topological polar surface area (TPSA) is 23.5 Å². The van der Waals surface area contributed by atoms with Crippen LogP contribution in [0.25, 0.3) is 0 Å². The van der Waals surface area contributed by atoms with E-state index in [4.69, 9.17) is 0 Å². The van der Waals surface area contributed by atoms with Gasteiger partial charge in [-0.05, 0) is 37.6 Å². The van der Waals surface area contributed by atoms with Gasteiger partial charge in [0, 0.05) is 13.1 Å². The van der Waals surface area contributed by atoms with Crippen molar-refractivity contribution >= 4 is 0 Å². The van der Waals surface area contributed by atoms with E-state index in [0.717, 1.165) is 12.1 Å². The Bertz CT molecular complexity index is 405. The zero-order chi connectivity index (χ0) is 12.6. The Morgan fingerprint density at radius 2 is 1.59 bits per heavy atom. The van der Waals surface area contributed by atoms with Gasteiger partial charge in [-0.15, -0.1) is 0 Å². The minimum atomic E-state index is -1.50. The Morgan fingerprint density at radius 3 is 2.06 bits per heavy atom. The fourth-order valence-electron chi connectivity index (χ4n) is 2.10. The van der Waals surface area contributed by atoms with Gasteiger partial charge in [0.05, 0.1) is 5.60 Å². The number of halogens is 3. The lowest BCUT2D eigenvalue weighted by Gasteiger charge is -2.36. The SMILES string of the molecule is CN1CCC(O)(c2cc(F)c(F)c(F)c2)CC1. The van der Waals surface area contributed by atoms with Crippen LogP contribution >= 0.6 is 0 Å². The predicted octanol–water partition coefficient (Wildman–Crippen LogP) is 2.02. The van der Waals surface area contributed by atoms with Crippen LogP contribution in [0.2, 0.25) is 0 Å². The molecular formula is C12H14F3NO. The molecule has 1 aliphatic heterocycles. The average Bonchev–Trinajstić information content (AvgIpc) is 2.29. The van der Waals surface area contributed by atoms with E-state index in [2.05, 4.69) is 0 Å². The third-order valence-electron chi connectivity index (χ3n) is 3.34. The van der Waals surface area contributed by atoms with E-state index in [1.165, 1.54) is 0 Å². The quantitative estimate of drug-likeness (QED) is 0.765. The number of likely N-dealkylation sites (tertiary alicyclic amines) is 1. The Morgan fingerprint density at radius 1 is 1.12 bits per heavy atom. The van der Waals surface area contributed by atoms with Gasteiger partial charge >= 0.3 is 0 Å². The lowest BCUT2D eigenvalue weighted by atomic mass is 9.84. The largest absolute Gasteiger partial charge is 0.385 e.